The Hall–Kier alpha value is -1.30. The van der Waals surface area contributed by atoms with Crippen LogP contribution in [0.15, 0.2) is 0 Å². The molecule has 3 N–H and O–H groups in total. The number of carbonyl (C=O) groups excluding carboxylic acids is 1. The van der Waals surface area contributed by atoms with Gasteiger partial charge in [0.15, 0.2) is 0 Å². The van der Waals surface area contributed by atoms with E-state index < -0.39 is 5.97 Å². The van der Waals surface area contributed by atoms with Crippen molar-refractivity contribution in [2.24, 2.45) is 11.8 Å². The van der Waals surface area contributed by atoms with E-state index in [2.05, 4.69) is 22.6 Å². The van der Waals surface area contributed by atoms with E-state index in [1.54, 1.807) is 6.92 Å². The summed E-state index contributed by atoms with van der Waals surface area (Å²) in [7, 11) is 2.11. The molecule has 2 unspecified atom stereocenters. The number of nitrogens with one attached hydrogen (secondary N) is 2. The lowest BCUT2D eigenvalue weighted by Gasteiger charge is -2.29. The number of carboxylic acid groups (broad SMARTS) is 1. The number of hydrogen-bond acceptors (Lipinski definition) is 3. The molecule has 0 aromatic carbocycles. The second kappa shape index (κ2) is 8.79. The van der Waals surface area contributed by atoms with Crippen molar-refractivity contribution in [3.05, 3.63) is 0 Å². The van der Waals surface area contributed by atoms with Crippen LogP contribution < -0.4 is 10.6 Å². The van der Waals surface area contributed by atoms with E-state index in [1.807, 2.05) is 0 Å². The average Bonchev–Trinajstić information content (AvgIpc) is 2.41. The van der Waals surface area contributed by atoms with Crippen molar-refractivity contribution in [1.82, 2.24) is 15.5 Å². The monoisotopic (exact) mass is 285 g/mol. The summed E-state index contributed by atoms with van der Waals surface area (Å²) in [5, 5.41) is 14.4. The van der Waals surface area contributed by atoms with Crippen molar-refractivity contribution in [3.8, 4) is 0 Å². The normalized spacial score (nSPS) is 21.2. The fraction of sp³-hybridized carbons (Fsp3) is 0.857. The van der Waals surface area contributed by atoms with Gasteiger partial charge < -0.3 is 20.6 Å². The lowest BCUT2D eigenvalue weighted by atomic mass is 9.99. The molecule has 0 aliphatic carbocycles. The highest BCUT2D eigenvalue weighted by atomic mass is 16.4. The second-order valence-electron chi connectivity index (χ2n) is 5.79. The van der Waals surface area contributed by atoms with Gasteiger partial charge in [-0.1, -0.05) is 6.92 Å². The Kier molecular flexibility index (Phi) is 7.36. The fourth-order valence-electron chi connectivity index (χ4n) is 2.47. The van der Waals surface area contributed by atoms with Crippen LogP contribution in [0.4, 0.5) is 4.79 Å². The van der Waals surface area contributed by atoms with Crippen LogP contribution in [-0.2, 0) is 4.79 Å². The molecule has 1 heterocycles. The molecule has 20 heavy (non-hydrogen) atoms. The average molecular weight is 285 g/mol. The van der Waals surface area contributed by atoms with Crippen molar-refractivity contribution in [1.29, 1.82) is 0 Å². The Morgan fingerprint density at radius 1 is 1.40 bits per heavy atom. The largest absolute Gasteiger partial charge is 0.481 e. The summed E-state index contributed by atoms with van der Waals surface area (Å²) < 4.78 is 0. The maximum Gasteiger partial charge on any atom is 0.314 e. The third-order valence-corrected chi connectivity index (χ3v) is 3.79. The minimum Gasteiger partial charge on any atom is -0.481 e. The summed E-state index contributed by atoms with van der Waals surface area (Å²) in [5.41, 5.74) is 0. The van der Waals surface area contributed by atoms with Crippen LogP contribution in [0.2, 0.25) is 0 Å². The lowest BCUT2D eigenvalue weighted by molar-refractivity contribution is -0.141. The van der Waals surface area contributed by atoms with Crippen LogP contribution in [0.1, 0.15) is 32.6 Å². The second-order valence-corrected chi connectivity index (χ2v) is 5.79. The van der Waals surface area contributed by atoms with Gasteiger partial charge in [0.05, 0.1) is 5.92 Å². The van der Waals surface area contributed by atoms with Crippen molar-refractivity contribution < 1.29 is 14.7 Å². The summed E-state index contributed by atoms with van der Waals surface area (Å²) in [6.45, 7) is 5.10. The van der Waals surface area contributed by atoms with E-state index in [0.29, 0.717) is 31.8 Å². The van der Waals surface area contributed by atoms with E-state index >= 15 is 0 Å². The number of hydrogen-bond donors (Lipinski definition) is 3. The van der Waals surface area contributed by atoms with Crippen LogP contribution in [0.3, 0.4) is 0 Å². The molecule has 1 aliphatic heterocycles. The van der Waals surface area contributed by atoms with Gasteiger partial charge in [-0.25, -0.2) is 4.79 Å². The topological polar surface area (TPSA) is 81.7 Å². The molecule has 0 saturated carbocycles. The number of urea groups is 1. The smallest absolute Gasteiger partial charge is 0.314 e. The van der Waals surface area contributed by atoms with E-state index in [1.165, 1.54) is 12.8 Å². The zero-order valence-electron chi connectivity index (χ0n) is 12.5. The van der Waals surface area contributed by atoms with E-state index in [4.69, 9.17) is 5.11 Å². The highest BCUT2D eigenvalue weighted by molar-refractivity contribution is 5.73. The number of nitrogens with zero attached hydrogens (tertiary/aromatic N) is 1. The molecule has 116 valence electrons. The van der Waals surface area contributed by atoms with Gasteiger partial charge >= 0.3 is 12.0 Å². The summed E-state index contributed by atoms with van der Waals surface area (Å²) in [6.07, 6.45) is 3.63. The van der Waals surface area contributed by atoms with Crippen LogP contribution in [0.5, 0.6) is 0 Å². The predicted molar refractivity (Wildman–Crippen MR) is 77.7 cm³/mol. The van der Waals surface area contributed by atoms with E-state index in [9.17, 15) is 9.59 Å². The first-order valence-corrected chi connectivity index (χ1v) is 7.42. The minimum atomic E-state index is -0.782. The lowest BCUT2D eigenvalue weighted by Crippen LogP contribution is -2.42. The number of rotatable bonds is 7. The maximum atomic E-state index is 11.6. The SMILES string of the molecule is CC(CCCNC(=O)NCC1CCCN(C)C1)C(=O)O. The first kappa shape index (κ1) is 16.8. The predicted octanol–water partition coefficient (Wildman–Crippen LogP) is 1.13. The van der Waals surface area contributed by atoms with Gasteiger partial charge in [0.1, 0.15) is 0 Å². The van der Waals surface area contributed by atoms with E-state index in [0.717, 1.165) is 13.1 Å². The van der Waals surface area contributed by atoms with Gasteiger partial charge in [-0.15, -0.1) is 0 Å². The Labute approximate surface area is 120 Å². The molecule has 0 aromatic rings. The Balaban J connectivity index is 2.04. The number of amides is 2. The molecule has 1 saturated heterocycles. The molecule has 2 atom stereocenters. The van der Waals surface area contributed by atoms with Gasteiger partial charge in [0.25, 0.3) is 0 Å². The Bertz CT molecular complexity index is 323. The van der Waals surface area contributed by atoms with Crippen molar-refractivity contribution >= 4 is 12.0 Å². The third-order valence-electron chi connectivity index (χ3n) is 3.79. The molecule has 0 radical (unpaired) electrons. The van der Waals surface area contributed by atoms with Gasteiger partial charge in [-0.2, -0.15) is 0 Å². The molecule has 6 heteroatoms. The highest BCUT2D eigenvalue weighted by Gasteiger charge is 2.17. The zero-order chi connectivity index (χ0) is 15.0. The summed E-state index contributed by atoms with van der Waals surface area (Å²) >= 11 is 0. The molecule has 2 amide bonds. The number of likely N-dealkylation sites (tertiary alicyclic amines) is 1. The molecular formula is C14H27N3O3. The number of carboxylic acids is 1. The number of carbonyl (C=O) groups is 2. The molecule has 0 aromatic heterocycles. The fourth-order valence-corrected chi connectivity index (χ4v) is 2.47. The molecule has 1 fully saturated rings. The molecule has 6 nitrogen and oxygen atoms in total. The van der Waals surface area contributed by atoms with Crippen molar-refractivity contribution in [2.75, 3.05) is 33.2 Å². The summed E-state index contributed by atoms with van der Waals surface area (Å²) in [4.78, 5) is 24.5. The van der Waals surface area contributed by atoms with Crippen molar-refractivity contribution in [2.45, 2.75) is 32.6 Å². The quantitative estimate of drug-likeness (QED) is 0.612. The Morgan fingerprint density at radius 3 is 2.80 bits per heavy atom. The van der Waals surface area contributed by atoms with Crippen LogP contribution in [0.25, 0.3) is 0 Å². The van der Waals surface area contributed by atoms with Crippen LogP contribution >= 0.6 is 0 Å². The van der Waals surface area contributed by atoms with Gasteiger partial charge in [-0.3, -0.25) is 4.79 Å². The number of piperidine rings is 1. The minimum absolute atomic E-state index is 0.152. The summed E-state index contributed by atoms with van der Waals surface area (Å²) in [5.74, 6) is -0.597. The highest BCUT2D eigenvalue weighted by Crippen LogP contribution is 2.13. The first-order valence-electron chi connectivity index (χ1n) is 7.42. The van der Waals surface area contributed by atoms with Crippen LogP contribution in [0, 0.1) is 11.8 Å². The van der Waals surface area contributed by atoms with Crippen molar-refractivity contribution in [3.63, 3.8) is 0 Å². The molecule has 1 aliphatic rings. The first-order chi connectivity index (χ1) is 9.49. The molecule has 1 rings (SSSR count). The number of aliphatic carboxylic acids is 1. The third kappa shape index (κ3) is 6.75. The van der Waals surface area contributed by atoms with Gasteiger partial charge in [0, 0.05) is 19.6 Å². The molecule has 0 spiro atoms. The summed E-state index contributed by atoms with van der Waals surface area (Å²) in [6, 6.07) is -0.152. The van der Waals surface area contributed by atoms with Gasteiger partial charge in [-0.05, 0) is 45.2 Å². The van der Waals surface area contributed by atoms with Gasteiger partial charge in [0.2, 0.25) is 0 Å². The van der Waals surface area contributed by atoms with Crippen LogP contribution in [-0.4, -0.2) is 55.2 Å². The molecule has 0 bridgehead atoms. The maximum absolute atomic E-state index is 11.6. The Morgan fingerprint density at radius 2 is 2.15 bits per heavy atom. The molecular weight excluding hydrogens is 258 g/mol. The zero-order valence-corrected chi connectivity index (χ0v) is 12.5. The van der Waals surface area contributed by atoms with E-state index in [-0.39, 0.29) is 11.9 Å². The standard InChI is InChI=1S/C14H27N3O3/c1-11(13(18)19)5-3-7-15-14(20)16-9-12-6-4-8-17(2)10-12/h11-12H,3-10H2,1-2H3,(H,18,19)(H2,15,16,20).